The van der Waals surface area contributed by atoms with Crippen molar-refractivity contribution < 1.29 is 9.53 Å². The van der Waals surface area contributed by atoms with Crippen molar-refractivity contribution in [3.05, 3.63) is 90.0 Å². The first kappa shape index (κ1) is 19.7. The summed E-state index contributed by atoms with van der Waals surface area (Å²) in [6, 6.07) is 25.2. The van der Waals surface area contributed by atoms with E-state index < -0.39 is 0 Å². The largest absolute Gasteiger partial charge is 0.457 e. The molecule has 3 aromatic carbocycles. The van der Waals surface area contributed by atoms with Crippen LogP contribution in [-0.4, -0.2) is 17.4 Å². The molecule has 0 bridgehead atoms. The molecule has 0 aliphatic rings. The summed E-state index contributed by atoms with van der Waals surface area (Å²) in [5.74, 6) is 1.40. The molecular formula is C23H22N2O2S. The molecule has 142 valence electrons. The number of benzene rings is 3. The average Bonchev–Trinajstić information content (AvgIpc) is 2.71. The van der Waals surface area contributed by atoms with Crippen molar-refractivity contribution in [2.45, 2.75) is 24.0 Å². The van der Waals surface area contributed by atoms with Gasteiger partial charge in [0, 0.05) is 4.90 Å². The van der Waals surface area contributed by atoms with E-state index in [4.69, 9.17) is 4.74 Å². The molecule has 0 aliphatic carbocycles. The average molecular weight is 391 g/mol. The Bertz CT molecular complexity index is 923. The van der Waals surface area contributed by atoms with Gasteiger partial charge in [-0.15, -0.1) is 11.8 Å². The lowest BCUT2D eigenvalue weighted by molar-refractivity contribution is -0.120. The zero-order valence-corrected chi connectivity index (χ0v) is 16.6. The Kier molecular flexibility index (Phi) is 6.87. The van der Waals surface area contributed by atoms with Gasteiger partial charge in [0.25, 0.3) is 5.91 Å². The molecule has 0 heterocycles. The summed E-state index contributed by atoms with van der Waals surface area (Å²) >= 11 is 1.51. The number of amides is 1. The summed E-state index contributed by atoms with van der Waals surface area (Å²) in [7, 11) is 0. The number of thioether (sulfide) groups is 1. The van der Waals surface area contributed by atoms with Crippen LogP contribution < -0.4 is 10.2 Å². The van der Waals surface area contributed by atoms with Crippen molar-refractivity contribution in [2.24, 2.45) is 5.10 Å². The van der Waals surface area contributed by atoms with E-state index in [0.717, 1.165) is 22.0 Å². The van der Waals surface area contributed by atoms with Gasteiger partial charge in [0.15, 0.2) is 0 Å². The van der Waals surface area contributed by atoms with E-state index in [0.29, 0.717) is 0 Å². The van der Waals surface area contributed by atoms with Gasteiger partial charge in [-0.05, 0) is 67.9 Å². The molecule has 5 heteroatoms. The highest BCUT2D eigenvalue weighted by Crippen LogP contribution is 2.23. The maximum Gasteiger partial charge on any atom is 0.253 e. The summed E-state index contributed by atoms with van der Waals surface area (Å²) in [5, 5.41) is 3.82. The summed E-state index contributed by atoms with van der Waals surface area (Å²) in [6.45, 7) is 3.91. The fraction of sp³-hybridized carbons (Fsp3) is 0.130. The first-order valence-corrected chi connectivity index (χ1v) is 9.87. The Hall–Kier alpha value is -3.05. The second-order valence-electron chi connectivity index (χ2n) is 6.29. The molecule has 0 spiro atoms. The number of carbonyl (C=O) groups is 1. The minimum atomic E-state index is -0.235. The van der Waals surface area contributed by atoms with E-state index in [1.807, 2.05) is 92.7 Å². The highest BCUT2D eigenvalue weighted by Gasteiger charge is 2.13. The number of hydrogen-bond acceptors (Lipinski definition) is 4. The predicted molar refractivity (Wildman–Crippen MR) is 115 cm³/mol. The van der Waals surface area contributed by atoms with Crippen LogP contribution in [0.25, 0.3) is 0 Å². The van der Waals surface area contributed by atoms with Crippen LogP contribution in [0, 0.1) is 6.92 Å². The lowest BCUT2D eigenvalue weighted by Gasteiger charge is -2.09. The molecule has 0 unspecified atom stereocenters. The Balaban J connectivity index is 1.49. The van der Waals surface area contributed by atoms with Crippen molar-refractivity contribution >= 4 is 23.9 Å². The molecule has 1 atom stereocenters. The van der Waals surface area contributed by atoms with Gasteiger partial charge in [-0.25, -0.2) is 5.43 Å². The minimum Gasteiger partial charge on any atom is -0.457 e. The quantitative estimate of drug-likeness (QED) is 0.333. The topological polar surface area (TPSA) is 50.7 Å². The normalized spacial score (nSPS) is 11.9. The Morgan fingerprint density at radius 3 is 2.29 bits per heavy atom. The van der Waals surface area contributed by atoms with Crippen LogP contribution in [0.3, 0.4) is 0 Å². The molecule has 0 saturated carbocycles. The van der Waals surface area contributed by atoms with Crippen LogP contribution in [0.5, 0.6) is 11.5 Å². The number of hydrogen-bond donors (Lipinski definition) is 1. The maximum atomic E-state index is 12.2. The zero-order valence-electron chi connectivity index (χ0n) is 15.8. The second-order valence-corrected chi connectivity index (χ2v) is 7.71. The van der Waals surface area contributed by atoms with Gasteiger partial charge in [-0.3, -0.25) is 4.79 Å². The fourth-order valence-corrected chi connectivity index (χ4v) is 3.24. The Morgan fingerprint density at radius 2 is 1.61 bits per heavy atom. The van der Waals surface area contributed by atoms with E-state index >= 15 is 0 Å². The number of para-hydroxylation sites is 1. The Morgan fingerprint density at radius 1 is 0.964 bits per heavy atom. The molecule has 0 aromatic heterocycles. The number of carbonyl (C=O) groups excluding carboxylic acids is 1. The third-order valence-electron chi connectivity index (χ3n) is 3.95. The SMILES string of the molecule is Cc1ccc(S[C@@H](C)C(=O)N/N=C\c2ccc(Oc3ccccc3)cc2)cc1. The van der Waals surface area contributed by atoms with E-state index in [1.54, 1.807) is 6.21 Å². The molecule has 0 fully saturated rings. The first-order chi connectivity index (χ1) is 13.6. The van der Waals surface area contributed by atoms with Gasteiger partial charge >= 0.3 is 0 Å². The number of nitrogens with one attached hydrogen (secondary N) is 1. The number of nitrogens with zero attached hydrogens (tertiary/aromatic N) is 1. The van der Waals surface area contributed by atoms with Crippen molar-refractivity contribution in [3.63, 3.8) is 0 Å². The molecule has 28 heavy (non-hydrogen) atoms. The molecule has 1 amide bonds. The molecule has 3 rings (SSSR count). The van der Waals surface area contributed by atoms with E-state index in [1.165, 1.54) is 17.3 Å². The number of aryl methyl sites for hydroxylation is 1. The Labute approximate surface area is 169 Å². The highest BCUT2D eigenvalue weighted by atomic mass is 32.2. The minimum absolute atomic E-state index is 0.133. The third kappa shape index (κ3) is 5.99. The van der Waals surface area contributed by atoms with Crippen molar-refractivity contribution in [1.29, 1.82) is 0 Å². The lowest BCUT2D eigenvalue weighted by Crippen LogP contribution is -2.26. The van der Waals surface area contributed by atoms with Crippen LogP contribution in [-0.2, 0) is 4.79 Å². The molecule has 4 nitrogen and oxygen atoms in total. The lowest BCUT2D eigenvalue weighted by atomic mass is 10.2. The summed E-state index contributed by atoms with van der Waals surface area (Å²) in [5.41, 5.74) is 4.67. The summed E-state index contributed by atoms with van der Waals surface area (Å²) < 4.78 is 5.75. The second kappa shape index (κ2) is 9.76. The molecule has 0 saturated heterocycles. The van der Waals surface area contributed by atoms with Crippen LogP contribution in [0.4, 0.5) is 0 Å². The van der Waals surface area contributed by atoms with Crippen molar-refractivity contribution in [2.75, 3.05) is 0 Å². The van der Waals surface area contributed by atoms with Gasteiger partial charge in [-0.2, -0.15) is 5.10 Å². The molecule has 3 aromatic rings. The summed E-state index contributed by atoms with van der Waals surface area (Å²) in [6.07, 6.45) is 1.62. The van der Waals surface area contributed by atoms with E-state index in [2.05, 4.69) is 10.5 Å². The molecule has 0 radical (unpaired) electrons. The fourth-order valence-electron chi connectivity index (χ4n) is 2.38. The van der Waals surface area contributed by atoms with Gasteiger partial charge in [-0.1, -0.05) is 35.9 Å². The molecule has 0 aliphatic heterocycles. The standard InChI is InChI=1S/C23H22N2O2S/c1-17-8-14-22(15-9-17)28-18(2)23(26)25-24-16-19-10-12-21(13-11-19)27-20-6-4-3-5-7-20/h3-16,18H,1-2H3,(H,25,26)/b24-16-/t18-/m0/s1. The van der Waals surface area contributed by atoms with Crippen LogP contribution in [0.2, 0.25) is 0 Å². The van der Waals surface area contributed by atoms with Crippen LogP contribution >= 0.6 is 11.8 Å². The molecule has 1 N–H and O–H groups in total. The van der Waals surface area contributed by atoms with Gasteiger partial charge in [0.2, 0.25) is 0 Å². The van der Waals surface area contributed by atoms with Gasteiger partial charge in [0.1, 0.15) is 11.5 Å². The van der Waals surface area contributed by atoms with Crippen LogP contribution in [0.15, 0.2) is 88.9 Å². The smallest absolute Gasteiger partial charge is 0.253 e. The monoisotopic (exact) mass is 390 g/mol. The predicted octanol–water partition coefficient (Wildman–Crippen LogP) is 5.42. The van der Waals surface area contributed by atoms with Gasteiger partial charge in [0.05, 0.1) is 11.5 Å². The van der Waals surface area contributed by atoms with E-state index in [9.17, 15) is 4.79 Å². The number of hydrazone groups is 1. The first-order valence-electron chi connectivity index (χ1n) is 8.99. The molecular weight excluding hydrogens is 368 g/mol. The maximum absolute atomic E-state index is 12.2. The number of rotatable bonds is 7. The van der Waals surface area contributed by atoms with Crippen molar-refractivity contribution in [3.8, 4) is 11.5 Å². The van der Waals surface area contributed by atoms with Gasteiger partial charge < -0.3 is 4.74 Å². The van der Waals surface area contributed by atoms with Crippen molar-refractivity contribution in [1.82, 2.24) is 5.43 Å². The number of ether oxygens (including phenoxy) is 1. The third-order valence-corrected chi connectivity index (χ3v) is 5.06. The van der Waals surface area contributed by atoms with Crippen LogP contribution in [0.1, 0.15) is 18.1 Å². The van der Waals surface area contributed by atoms with E-state index in [-0.39, 0.29) is 11.2 Å². The zero-order chi connectivity index (χ0) is 19.8. The highest BCUT2D eigenvalue weighted by molar-refractivity contribution is 8.00. The summed E-state index contributed by atoms with van der Waals surface area (Å²) in [4.78, 5) is 13.3.